The predicted octanol–water partition coefficient (Wildman–Crippen LogP) is 4.14. The molecule has 1 aliphatic rings. The smallest absolute Gasteiger partial charge is 0.0285 e. The van der Waals surface area contributed by atoms with E-state index in [9.17, 15) is 0 Å². The van der Waals surface area contributed by atoms with Crippen LogP contribution < -0.4 is 0 Å². The first-order valence-electron chi connectivity index (χ1n) is 5.04. The first-order valence-corrected chi connectivity index (χ1v) is 5.57. The summed E-state index contributed by atoms with van der Waals surface area (Å²) in [6.45, 7) is 2.25. The summed E-state index contributed by atoms with van der Waals surface area (Å²) in [5.74, 6) is 0.837. The van der Waals surface area contributed by atoms with Crippen molar-refractivity contribution < 1.29 is 0 Å². The summed E-state index contributed by atoms with van der Waals surface area (Å²) in [6, 6.07) is 0. The van der Waals surface area contributed by atoms with E-state index in [1.54, 1.807) is 0 Å². The van der Waals surface area contributed by atoms with Gasteiger partial charge < -0.3 is 0 Å². The summed E-state index contributed by atoms with van der Waals surface area (Å²) in [5, 5.41) is 0. The van der Waals surface area contributed by atoms with Crippen molar-refractivity contribution in [3.63, 3.8) is 0 Å². The summed E-state index contributed by atoms with van der Waals surface area (Å²) < 4.78 is 0. The van der Waals surface area contributed by atoms with Crippen LogP contribution >= 0.6 is 11.6 Å². The number of hydrogen-bond acceptors (Lipinski definition) is 0. The summed E-state index contributed by atoms with van der Waals surface area (Å²) >= 11 is 6.00. The fourth-order valence-electron chi connectivity index (χ4n) is 1.88. The Kier molecular flexibility index (Phi) is 4.14. The number of unbranched alkanes of at least 4 members (excludes halogenated alkanes) is 2. The Morgan fingerprint density at radius 3 is 2.42 bits per heavy atom. The lowest BCUT2D eigenvalue weighted by Gasteiger charge is -2.25. The summed E-state index contributed by atoms with van der Waals surface area (Å²) in [5.41, 5.74) is 0.441. The van der Waals surface area contributed by atoms with Crippen LogP contribution in [0.25, 0.3) is 0 Å². The molecule has 0 bridgehead atoms. The Balaban J connectivity index is 2.25. The molecule has 0 aromatic heterocycles. The van der Waals surface area contributed by atoms with Crippen LogP contribution in [0, 0.1) is 5.41 Å². The molecule has 0 saturated heterocycles. The standard InChI is InChI=1S/C11H19Cl/c1-2-3-4-7-11(10-12)8-5-6-9-11/h5-6H,2-4,7-10H2,1H3. The molecule has 0 aromatic rings. The van der Waals surface area contributed by atoms with Gasteiger partial charge in [-0.25, -0.2) is 0 Å². The zero-order valence-corrected chi connectivity index (χ0v) is 8.74. The van der Waals surface area contributed by atoms with Crippen LogP contribution in [0.3, 0.4) is 0 Å². The van der Waals surface area contributed by atoms with Gasteiger partial charge in [-0.2, -0.15) is 0 Å². The fraction of sp³-hybridized carbons (Fsp3) is 0.818. The Labute approximate surface area is 81.0 Å². The Hall–Kier alpha value is 0.0300. The highest BCUT2D eigenvalue weighted by atomic mass is 35.5. The maximum Gasteiger partial charge on any atom is 0.0285 e. The van der Waals surface area contributed by atoms with E-state index in [-0.39, 0.29) is 0 Å². The van der Waals surface area contributed by atoms with Gasteiger partial charge in [-0.1, -0.05) is 38.3 Å². The number of alkyl halides is 1. The predicted molar refractivity (Wildman–Crippen MR) is 55.7 cm³/mol. The summed E-state index contributed by atoms with van der Waals surface area (Å²) in [4.78, 5) is 0. The molecule has 0 radical (unpaired) electrons. The minimum absolute atomic E-state index is 0.441. The molecular formula is C11H19Cl. The van der Waals surface area contributed by atoms with Crippen molar-refractivity contribution in [2.45, 2.75) is 45.4 Å². The van der Waals surface area contributed by atoms with Gasteiger partial charge in [0, 0.05) is 5.88 Å². The monoisotopic (exact) mass is 186 g/mol. The third-order valence-corrected chi connectivity index (χ3v) is 3.43. The second-order valence-corrected chi connectivity index (χ2v) is 4.24. The molecule has 0 aromatic carbocycles. The highest BCUT2D eigenvalue weighted by molar-refractivity contribution is 6.18. The van der Waals surface area contributed by atoms with E-state index in [1.807, 2.05) is 0 Å². The number of hydrogen-bond donors (Lipinski definition) is 0. The molecule has 1 rings (SSSR count). The van der Waals surface area contributed by atoms with Crippen molar-refractivity contribution in [3.8, 4) is 0 Å². The molecule has 1 aliphatic carbocycles. The van der Waals surface area contributed by atoms with Crippen LogP contribution in [-0.2, 0) is 0 Å². The highest BCUT2D eigenvalue weighted by Gasteiger charge is 2.28. The molecule has 0 aliphatic heterocycles. The molecule has 0 fully saturated rings. The summed E-state index contributed by atoms with van der Waals surface area (Å²) in [7, 11) is 0. The molecule has 0 atom stereocenters. The second-order valence-electron chi connectivity index (χ2n) is 3.97. The largest absolute Gasteiger partial charge is 0.126 e. The SMILES string of the molecule is CCCCCC1(CCl)CC=CC1. The van der Waals surface area contributed by atoms with Crippen LogP contribution in [0.5, 0.6) is 0 Å². The molecular weight excluding hydrogens is 168 g/mol. The normalized spacial score (nSPS) is 20.2. The first-order chi connectivity index (χ1) is 5.83. The van der Waals surface area contributed by atoms with E-state index in [4.69, 9.17) is 11.6 Å². The average molecular weight is 187 g/mol. The van der Waals surface area contributed by atoms with Gasteiger partial charge in [0.1, 0.15) is 0 Å². The minimum Gasteiger partial charge on any atom is -0.126 e. The van der Waals surface area contributed by atoms with Gasteiger partial charge in [-0.05, 0) is 24.7 Å². The maximum atomic E-state index is 6.00. The zero-order chi connectivity index (χ0) is 8.86. The molecule has 1 heteroatoms. The van der Waals surface area contributed by atoms with Gasteiger partial charge in [0.25, 0.3) is 0 Å². The van der Waals surface area contributed by atoms with Crippen LogP contribution in [0.1, 0.15) is 45.4 Å². The molecule has 0 amide bonds. The van der Waals surface area contributed by atoms with E-state index < -0.39 is 0 Å². The molecule has 0 heterocycles. The quantitative estimate of drug-likeness (QED) is 0.344. The lowest BCUT2D eigenvalue weighted by Crippen LogP contribution is -2.18. The van der Waals surface area contributed by atoms with Crippen LogP contribution in [-0.4, -0.2) is 5.88 Å². The average Bonchev–Trinajstić information content (AvgIpc) is 2.55. The fourth-order valence-corrected chi connectivity index (χ4v) is 2.23. The van der Waals surface area contributed by atoms with Gasteiger partial charge in [0.05, 0.1) is 0 Å². The molecule has 0 saturated carbocycles. The van der Waals surface area contributed by atoms with E-state index in [1.165, 1.54) is 38.5 Å². The molecule has 0 unspecified atom stereocenters. The number of allylic oxidation sites excluding steroid dienone is 2. The van der Waals surface area contributed by atoms with Crippen molar-refractivity contribution in [1.82, 2.24) is 0 Å². The minimum atomic E-state index is 0.441. The van der Waals surface area contributed by atoms with Gasteiger partial charge >= 0.3 is 0 Å². The van der Waals surface area contributed by atoms with Gasteiger partial charge in [-0.15, -0.1) is 11.6 Å². The highest BCUT2D eigenvalue weighted by Crippen LogP contribution is 2.39. The topological polar surface area (TPSA) is 0 Å². The number of rotatable bonds is 5. The molecule has 0 nitrogen and oxygen atoms in total. The van der Waals surface area contributed by atoms with Crippen molar-refractivity contribution in [3.05, 3.63) is 12.2 Å². The lowest BCUT2D eigenvalue weighted by atomic mass is 9.82. The molecule has 0 spiro atoms. The second kappa shape index (κ2) is 4.91. The Bertz CT molecular complexity index is 141. The van der Waals surface area contributed by atoms with E-state index in [0.29, 0.717) is 5.41 Å². The first kappa shape index (κ1) is 10.1. The van der Waals surface area contributed by atoms with Crippen LogP contribution in [0.15, 0.2) is 12.2 Å². The zero-order valence-electron chi connectivity index (χ0n) is 7.98. The van der Waals surface area contributed by atoms with Crippen LogP contribution in [0.4, 0.5) is 0 Å². The van der Waals surface area contributed by atoms with E-state index in [2.05, 4.69) is 19.1 Å². The van der Waals surface area contributed by atoms with Crippen molar-refractivity contribution in [2.24, 2.45) is 5.41 Å². The van der Waals surface area contributed by atoms with Gasteiger partial charge in [-0.3, -0.25) is 0 Å². The Morgan fingerprint density at radius 2 is 1.92 bits per heavy atom. The van der Waals surface area contributed by atoms with Crippen molar-refractivity contribution >= 4 is 11.6 Å². The van der Waals surface area contributed by atoms with Crippen molar-refractivity contribution in [1.29, 1.82) is 0 Å². The van der Waals surface area contributed by atoms with Crippen molar-refractivity contribution in [2.75, 3.05) is 5.88 Å². The summed E-state index contributed by atoms with van der Waals surface area (Å²) in [6.07, 6.45) is 12.3. The lowest BCUT2D eigenvalue weighted by molar-refractivity contribution is 0.314. The van der Waals surface area contributed by atoms with E-state index >= 15 is 0 Å². The van der Waals surface area contributed by atoms with E-state index in [0.717, 1.165) is 5.88 Å². The molecule has 0 N–H and O–H groups in total. The third-order valence-electron chi connectivity index (χ3n) is 2.86. The van der Waals surface area contributed by atoms with Crippen LogP contribution in [0.2, 0.25) is 0 Å². The molecule has 12 heavy (non-hydrogen) atoms. The van der Waals surface area contributed by atoms with Gasteiger partial charge in [0.15, 0.2) is 0 Å². The molecule has 70 valence electrons. The third kappa shape index (κ3) is 2.52. The maximum absolute atomic E-state index is 6.00. The Morgan fingerprint density at radius 1 is 1.25 bits per heavy atom. The van der Waals surface area contributed by atoms with Gasteiger partial charge in [0.2, 0.25) is 0 Å². The number of halogens is 1.